The summed E-state index contributed by atoms with van der Waals surface area (Å²) in [5.41, 5.74) is 2.13. The van der Waals surface area contributed by atoms with E-state index in [0.29, 0.717) is 38.5 Å². The molecule has 0 saturated heterocycles. The van der Waals surface area contributed by atoms with E-state index in [2.05, 4.69) is 56.8 Å². The number of rotatable bonds is 8. The number of hydrogen-bond acceptors (Lipinski definition) is 7. The molecule has 0 aliphatic carbocycles. The quantitative estimate of drug-likeness (QED) is 0.192. The summed E-state index contributed by atoms with van der Waals surface area (Å²) in [4.78, 5) is 32.1. The Bertz CT molecular complexity index is 1570. The Morgan fingerprint density at radius 2 is 1.95 bits per heavy atom. The number of aromatic nitrogens is 1. The summed E-state index contributed by atoms with van der Waals surface area (Å²) < 4.78 is 20.7. The minimum absolute atomic E-state index is 0.211. The smallest absolute Gasteiger partial charge is 0.338 e. The molecule has 37 heavy (non-hydrogen) atoms. The zero-order chi connectivity index (χ0) is 26.7. The van der Waals surface area contributed by atoms with Crippen LogP contribution in [-0.4, -0.2) is 30.9 Å². The average Bonchev–Trinajstić information content (AvgIpc) is 3.17. The number of fused-ring (bicyclic) bond motifs is 1. The van der Waals surface area contributed by atoms with Crippen molar-refractivity contribution >= 4 is 68.6 Å². The highest BCUT2D eigenvalue weighted by atomic mass is 127. The summed E-state index contributed by atoms with van der Waals surface area (Å²) in [5, 5.41) is 0. The number of para-hydroxylation sites is 1. The van der Waals surface area contributed by atoms with Crippen LogP contribution in [0.5, 0.6) is 11.5 Å². The maximum atomic E-state index is 13.8. The van der Waals surface area contributed by atoms with Gasteiger partial charge in [-0.1, -0.05) is 42.2 Å². The number of esters is 1. The number of allylic oxidation sites excluding steroid dienone is 1. The van der Waals surface area contributed by atoms with Crippen molar-refractivity contribution in [2.24, 2.45) is 4.99 Å². The van der Waals surface area contributed by atoms with Crippen molar-refractivity contribution in [2.45, 2.75) is 19.9 Å². The number of carbonyl (C=O) groups is 1. The number of benzene rings is 2. The number of ether oxygens (including phenoxy) is 3. The van der Waals surface area contributed by atoms with Crippen LogP contribution >= 0.6 is 56.5 Å². The number of methoxy groups -OCH3 is 1. The van der Waals surface area contributed by atoms with Crippen molar-refractivity contribution < 1.29 is 19.0 Å². The van der Waals surface area contributed by atoms with Crippen LogP contribution in [0.4, 0.5) is 0 Å². The van der Waals surface area contributed by atoms with Crippen molar-refractivity contribution in [3.05, 3.63) is 98.3 Å². The van der Waals surface area contributed by atoms with Gasteiger partial charge in [0.1, 0.15) is 24.1 Å². The standard InChI is InChI=1S/C27H24I2N2O5S/c1-5-11-36-24-18(28)12-16(13-19(24)29)14-21-25(32)31-23(17-9-7-8-10-20(17)34-4)22(26(33)35-6-2)15(3)30-27(31)37-21/h5,7-10,12-14,23H,1,6,11H2,2-4H3/b21-14+/t23-/m1/s1. The van der Waals surface area contributed by atoms with Gasteiger partial charge in [0.25, 0.3) is 5.56 Å². The number of nitrogens with zero attached hydrogens (tertiary/aromatic N) is 2. The Hall–Kier alpha value is -2.45. The van der Waals surface area contributed by atoms with E-state index in [1.807, 2.05) is 42.5 Å². The minimum Gasteiger partial charge on any atom is -0.496 e. The summed E-state index contributed by atoms with van der Waals surface area (Å²) >= 11 is 5.73. The van der Waals surface area contributed by atoms with E-state index < -0.39 is 12.0 Å². The molecule has 0 radical (unpaired) electrons. The lowest BCUT2D eigenvalue weighted by Gasteiger charge is -2.25. The molecule has 1 atom stereocenters. The van der Waals surface area contributed by atoms with Gasteiger partial charge < -0.3 is 14.2 Å². The predicted octanol–water partition coefficient (Wildman–Crippen LogP) is 4.58. The Morgan fingerprint density at radius 1 is 1.24 bits per heavy atom. The fourth-order valence-corrected chi connectivity index (χ4v) is 7.25. The van der Waals surface area contributed by atoms with Gasteiger partial charge in [-0.3, -0.25) is 9.36 Å². The Morgan fingerprint density at radius 3 is 2.59 bits per heavy atom. The maximum Gasteiger partial charge on any atom is 0.338 e. The van der Waals surface area contributed by atoms with Gasteiger partial charge in [-0.25, -0.2) is 9.79 Å². The lowest BCUT2D eigenvalue weighted by atomic mass is 9.95. The van der Waals surface area contributed by atoms with Crippen molar-refractivity contribution in [3.8, 4) is 11.5 Å². The summed E-state index contributed by atoms with van der Waals surface area (Å²) in [7, 11) is 1.56. The fourth-order valence-electron chi connectivity index (χ4n) is 4.07. The van der Waals surface area contributed by atoms with Gasteiger partial charge in [0.2, 0.25) is 0 Å². The molecule has 0 spiro atoms. The first kappa shape index (κ1) is 27.6. The van der Waals surface area contributed by atoms with Crippen LogP contribution in [0.25, 0.3) is 6.08 Å². The Balaban J connectivity index is 1.92. The normalized spacial score (nSPS) is 15.2. The molecule has 2 heterocycles. The molecule has 0 N–H and O–H groups in total. The van der Waals surface area contributed by atoms with Crippen LogP contribution in [0.1, 0.15) is 31.0 Å². The van der Waals surface area contributed by atoms with E-state index in [-0.39, 0.29) is 12.2 Å². The monoisotopic (exact) mass is 742 g/mol. The van der Waals surface area contributed by atoms with Gasteiger partial charge in [-0.15, -0.1) is 0 Å². The van der Waals surface area contributed by atoms with Gasteiger partial charge in [-0.2, -0.15) is 0 Å². The first-order valence-corrected chi connectivity index (χ1v) is 14.3. The second kappa shape index (κ2) is 11.9. The molecule has 7 nitrogen and oxygen atoms in total. The molecular weight excluding hydrogens is 718 g/mol. The lowest BCUT2D eigenvalue weighted by Crippen LogP contribution is -2.40. The largest absolute Gasteiger partial charge is 0.496 e. The molecule has 0 saturated carbocycles. The van der Waals surface area contributed by atoms with E-state index in [1.54, 1.807) is 31.6 Å². The van der Waals surface area contributed by atoms with E-state index in [1.165, 1.54) is 11.3 Å². The second-order valence-electron chi connectivity index (χ2n) is 7.96. The summed E-state index contributed by atoms with van der Waals surface area (Å²) in [6.45, 7) is 7.83. The predicted molar refractivity (Wildman–Crippen MR) is 161 cm³/mol. The zero-order valence-corrected chi connectivity index (χ0v) is 25.5. The topological polar surface area (TPSA) is 79.1 Å². The maximum absolute atomic E-state index is 13.8. The van der Waals surface area contributed by atoms with Crippen molar-refractivity contribution in [2.75, 3.05) is 20.3 Å². The molecule has 4 rings (SSSR count). The third-order valence-corrected chi connectivity index (χ3v) is 8.20. The molecule has 1 aliphatic rings. The zero-order valence-electron chi connectivity index (χ0n) is 20.4. The summed E-state index contributed by atoms with van der Waals surface area (Å²) in [6, 6.07) is 10.6. The fraction of sp³-hybridized carbons (Fsp3) is 0.222. The summed E-state index contributed by atoms with van der Waals surface area (Å²) in [6.07, 6.45) is 3.54. The number of halogens is 2. The summed E-state index contributed by atoms with van der Waals surface area (Å²) in [5.74, 6) is 0.844. The molecule has 2 aromatic carbocycles. The van der Waals surface area contributed by atoms with Crippen LogP contribution in [0.2, 0.25) is 0 Å². The van der Waals surface area contributed by atoms with Crippen molar-refractivity contribution in [1.82, 2.24) is 4.57 Å². The number of hydrogen-bond donors (Lipinski definition) is 0. The van der Waals surface area contributed by atoms with Crippen LogP contribution in [0.15, 0.2) is 70.1 Å². The molecule has 0 amide bonds. The van der Waals surface area contributed by atoms with E-state index in [4.69, 9.17) is 14.2 Å². The Kier molecular flexibility index (Phi) is 8.90. The van der Waals surface area contributed by atoms with E-state index in [9.17, 15) is 9.59 Å². The number of thiazole rings is 1. The first-order valence-electron chi connectivity index (χ1n) is 11.4. The highest BCUT2D eigenvalue weighted by Gasteiger charge is 2.34. The molecule has 1 aliphatic heterocycles. The second-order valence-corrected chi connectivity index (χ2v) is 11.3. The third kappa shape index (κ3) is 5.55. The van der Waals surface area contributed by atoms with Crippen LogP contribution < -0.4 is 24.4 Å². The molecule has 10 heteroatoms. The van der Waals surface area contributed by atoms with Crippen molar-refractivity contribution in [1.29, 1.82) is 0 Å². The van der Waals surface area contributed by atoms with Crippen LogP contribution in [-0.2, 0) is 9.53 Å². The molecule has 0 unspecified atom stereocenters. The lowest BCUT2D eigenvalue weighted by molar-refractivity contribution is -0.139. The number of carbonyl (C=O) groups excluding carboxylic acids is 1. The first-order chi connectivity index (χ1) is 17.8. The van der Waals surface area contributed by atoms with Gasteiger partial charge in [-0.05, 0) is 88.9 Å². The molecule has 0 fully saturated rings. The van der Waals surface area contributed by atoms with Crippen LogP contribution in [0, 0.1) is 7.14 Å². The molecule has 192 valence electrons. The van der Waals surface area contributed by atoms with Gasteiger partial charge >= 0.3 is 5.97 Å². The van der Waals surface area contributed by atoms with Crippen LogP contribution in [0.3, 0.4) is 0 Å². The van der Waals surface area contributed by atoms with Gasteiger partial charge in [0.05, 0.1) is 36.7 Å². The Labute approximate surface area is 245 Å². The van der Waals surface area contributed by atoms with Gasteiger partial charge in [0, 0.05) is 5.56 Å². The highest BCUT2D eigenvalue weighted by Crippen LogP contribution is 2.35. The minimum atomic E-state index is -0.733. The highest BCUT2D eigenvalue weighted by molar-refractivity contribution is 14.1. The molecular formula is C27H24I2N2O5S. The molecule has 3 aromatic rings. The van der Waals surface area contributed by atoms with E-state index >= 15 is 0 Å². The third-order valence-electron chi connectivity index (χ3n) is 5.61. The molecule has 0 bridgehead atoms. The van der Waals surface area contributed by atoms with E-state index in [0.717, 1.165) is 18.5 Å². The average molecular weight is 742 g/mol. The SMILES string of the molecule is C=CCOc1c(I)cc(/C=c2/sc3n(c2=O)[C@H](c2ccccc2OC)C(C(=O)OCC)=C(C)N=3)cc1I. The van der Waals surface area contributed by atoms with Crippen molar-refractivity contribution in [3.63, 3.8) is 0 Å². The molecule has 1 aromatic heterocycles. The van der Waals surface area contributed by atoms with Gasteiger partial charge in [0.15, 0.2) is 4.80 Å².